The van der Waals surface area contributed by atoms with Crippen LogP contribution in [0.15, 0.2) is 83.7 Å². The lowest BCUT2D eigenvalue weighted by molar-refractivity contribution is -0.111. The molecule has 4 aromatic rings. The zero-order chi connectivity index (χ0) is 19.2. The van der Waals surface area contributed by atoms with Gasteiger partial charge in [0.05, 0.1) is 6.26 Å². The Morgan fingerprint density at radius 2 is 1.96 bits per heavy atom. The molecule has 3 aromatic heterocycles. The van der Waals surface area contributed by atoms with Gasteiger partial charge in [0.1, 0.15) is 11.5 Å². The van der Waals surface area contributed by atoms with E-state index >= 15 is 0 Å². The van der Waals surface area contributed by atoms with E-state index in [0.717, 1.165) is 0 Å². The molecule has 0 bridgehead atoms. The molecule has 8 heteroatoms. The first-order valence-electron chi connectivity index (χ1n) is 8.40. The average molecular weight is 373 g/mol. The molecule has 0 spiro atoms. The van der Waals surface area contributed by atoms with Crippen LogP contribution in [0.4, 0.5) is 5.69 Å². The Labute approximate surface area is 160 Å². The molecule has 0 radical (unpaired) electrons. The largest absolute Gasteiger partial charge is 0.465 e. The van der Waals surface area contributed by atoms with Crippen molar-refractivity contribution in [3.63, 3.8) is 0 Å². The predicted octanol–water partition coefficient (Wildman–Crippen LogP) is 3.70. The van der Waals surface area contributed by atoms with Gasteiger partial charge in [-0.2, -0.15) is 5.10 Å². The number of hydrogen-bond acceptors (Lipinski definition) is 6. The highest BCUT2D eigenvalue weighted by Crippen LogP contribution is 2.21. The summed E-state index contributed by atoms with van der Waals surface area (Å²) in [6, 6.07) is 15.7. The smallest absolute Gasteiger partial charge is 0.248 e. The standard InChI is InChI=1S/C20H15N5O3/c26-19(10-8-16-3-1-14-27-16)22-15-4-6-17(7-5-15)28-20-11-9-18(23-24-20)25-13-2-12-21-25/h1-14H,(H,22,26)/b10-8+. The van der Waals surface area contributed by atoms with Gasteiger partial charge in [-0.3, -0.25) is 4.79 Å². The van der Waals surface area contributed by atoms with Crippen molar-refractivity contribution in [1.82, 2.24) is 20.0 Å². The van der Waals surface area contributed by atoms with Crippen molar-refractivity contribution < 1.29 is 13.9 Å². The molecule has 0 saturated heterocycles. The number of carbonyl (C=O) groups is 1. The molecule has 1 amide bonds. The van der Waals surface area contributed by atoms with Gasteiger partial charge in [0, 0.05) is 30.2 Å². The van der Waals surface area contributed by atoms with Crippen molar-refractivity contribution in [2.24, 2.45) is 0 Å². The van der Waals surface area contributed by atoms with Crippen LogP contribution in [-0.2, 0) is 4.79 Å². The van der Waals surface area contributed by atoms with Gasteiger partial charge < -0.3 is 14.5 Å². The summed E-state index contributed by atoms with van der Waals surface area (Å²) in [4.78, 5) is 11.9. The first kappa shape index (κ1) is 17.2. The fraction of sp³-hybridized carbons (Fsp3) is 0. The maximum atomic E-state index is 11.9. The number of benzene rings is 1. The molecule has 0 unspecified atom stereocenters. The van der Waals surface area contributed by atoms with Gasteiger partial charge in [-0.05, 0) is 54.6 Å². The summed E-state index contributed by atoms with van der Waals surface area (Å²) in [5.74, 6) is 1.88. The molecule has 4 rings (SSSR count). The lowest BCUT2D eigenvalue weighted by Crippen LogP contribution is -2.07. The van der Waals surface area contributed by atoms with Crippen LogP contribution in [0.2, 0.25) is 0 Å². The van der Waals surface area contributed by atoms with Crippen molar-refractivity contribution in [2.75, 3.05) is 5.32 Å². The third kappa shape index (κ3) is 4.31. The Bertz CT molecular complexity index is 1050. The number of aromatic nitrogens is 4. The summed E-state index contributed by atoms with van der Waals surface area (Å²) in [5.41, 5.74) is 0.640. The molecule has 0 atom stereocenters. The highest BCUT2D eigenvalue weighted by Gasteiger charge is 2.04. The van der Waals surface area contributed by atoms with Gasteiger partial charge in [-0.15, -0.1) is 10.2 Å². The zero-order valence-corrected chi connectivity index (χ0v) is 14.6. The summed E-state index contributed by atoms with van der Waals surface area (Å²) >= 11 is 0. The van der Waals surface area contributed by atoms with Crippen LogP contribution in [0.1, 0.15) is 5.76 Å². The molecule has 1 aromatic carbocycles. The van der Waals surface area contributed by atoms with Crippen molar-refractivity contribution in [3.8, 4) is 17.4 Å². The normalized spacial score (nSPS) is 10.9. The van der Waals surface area contributed by atoms with E-state index in [0.29, 0.717) is 28.9 Å². The van der Waals surface area contributed by atoms with E-state index in [1.54, 1.807) is 84.0 Å². The lowest BCUT2D eigenvalue weighted by Gasteiger charge is -2.06. The minimum absolute atomic E-state index is 0.259. The summed E-state index contributed by atoms with van der Waals surface area (Å²) in [7, 11) is 0. The second kappa shape index (κ2) is 8.00. The average Bonchev–Trinajstić information content (AvgIpc) is 3.43. The molecule has 1 N–H and O–H groups in total. The first-order chi connectivity index (χ1) is 13.8. The number of furan rings is 1. The molecule has 0 saturated carbocycles. The molecular formula is C20H15N5O3. The van der Waals surface area contributed by atoms with Crippen LogP contribution < -0.4 is 10.1 Å². The number of nitrogens with zero attached hydrogens (tertiary/aromatic N) is 4. The second-order valence-electron chi connectivity index (χ2n) is 5.64. The van der Waals surface area contributed by atoms with E-state index in [9.17, 15) is 4.79 Å². The van der Waals surface area contributed by atoms with Crippen molar-refractivity contribution in [3.05, 3.63) is 85.1 Å². The van der Waals surface area contributed by atoms with Crippen molar-refractivity contribution >= 4 is 17.7 Å². The molecule has 3 heterocycles. The number of ether oxygens (including phenoxy) is 1. The molecule has 0 aliphatic rings. The number of amides is 1. The number of nitrogens with one attached hydrogen (secondary N) is 1. The Kier molecular flexibility index (Phi) is 4.92. The second-order valence-corrected chi connectivity index (χ2v) is 5.64. The Hall–Kier alpha value is -4.20. The Balaban J connectivity index is 1.34. The Morgan fingerprint density at radius 1 is 1.07 bits per heavy atom. The fourth-order valence-corrected chi connectivity index (χ4v) is 2.35. The number of hydrogen-bond donors (Lipinski definition) is 1. The molecule has 138 valence electrons. The van der Waals surface area contributed by atoms with Crippen LogP contribution in [0, 0.1) is 0 Å². The molecule has 0 fully saturated rings. The molecule has 8 nitrogen and oxygen atoms in total. The van der Waals surface area contributed by atoms with Crippen LogP contribution in [0.5, 0.6) is 11.6 Å². The van der Waals surface area contributed by atoms with E-state index in [1.807, 2.05) is 0 Å². The number of anilines is 1. The highest BCUT2D eigenvalue weighted by molar-refractivity contribution is 6.01. The van der Waals surface area contributed by atoms with E-state index in [1.165, 1.54) is 6.08 Å². The van der Waals surface area contributed by atoms with Gasteiger partial charge in [-0.1, -0.05) is 0 Å². The SMILES string of the molecule is O=C(/C=C/c1ccco1)Nc1ccc(Oc2ccc(-n3cccn3)nn2)cc1. The van der Waals surface area contributed by atoms with Crippen LogP contribution in [0.25, 0.3) is 11.9 Å². The third-order valence-corrected chi connectivity index (χ3v) is 3.65. The predicted molar refractivity (Wildman–Crippen MR) is 102 cm³/mol. The van der Waals surface area contributed by atoms with E-state index in [4.69, 9.17) is 9.15 Å². The third-order valence-electron chi connectivity index (χ3n) is 3.65. The molecular weight excluding hydrogens is 358 g/mol. The maximum absolute atomic E-state index is 11.9. The maximum Gasteiger partial charge on any atom is 0.248 e. The van der Waals surface area contributed by atoms with E-state index in [2.05, 4.69) is 20.6 Å². The van der Waals surface area contributed by atoms with Crippen molar-refractivity contribution in [1.29, 1.82) is 0 Å². The summed E-state index contributed by atoms with van der Waals surface area (Å²) in [6.45, 7) is 0. The zero-order valence-electron chi connectivity index (χ0n) is 14.6. The molecule has 28 heavy (non-hydrogen) atoms. The monoisotopic (exact) mass is 373 g/mol. The summed E-state index contributed by atoms with van der Waals surface area (Å²) < 4.78 is 12.4. The minimum Gasteiger partial charge on any atom is -0.465 e. The lowest BCUT2D eigenvalue weighted by atomic mass is 10.3. The van der Waals surface area contributed by atoms with Crippen LogP contribution in [0.3, 0.4) is 0 Å². The van der Waals surface area contributed by atoms with Crippen molar-refractivity contribution in [2.45, 2.75) is 0 Å². The van der Waals surface area contributed by atoms with Gasteiger partial charge >= 0.3 is 0 Å². The quantitative estimate of drug-likeness (QED) is 0.518. The van der Waals surface area contributed by atoms with Crippen LogP contribution >= 0.6 is 0 Å². The van der Waals surface area contributed by atoms with Gasteiger partial charge in [0.25, 0.3) is 0 Å². The highest BCUT2D eigenvalue weighted by atomic mass is 16.5. The van der Waals surface area contributed by atoms with E-state index in [-0.39, 0.29) is 5.91 Å². The fourth-order valence-electron chi connectivity index (χ4n) is 2.35. The molecule has 0 aliphatic heterocycles. The molecule has 0 aliphatic carbocycles. The number of rotatable bonds is 6. The first-order valence-corrected chi connectivity index (χ1v) is 8.40. The topological polar surface area (TPSA) is 95.1 Å². The Morgan fingerprint density at radius 3 is 2.64 bits per heavy atom. The van der Waals surface area contributed by atoms with E-state index < -0.39 is 0 Å². The minimum atomic E-state index is -0.259. The van der Waals surface area contributed by atoms with Gasteiger partial charge in [-0.25, -0.2) is 4.68 Å². The van der Waals surface area contributed by atoms with Crippen LogP contribution in [-0.4, -0.2) is 25.9 Å². The van der Waals surface area contributed by atoms with Gasteiger partial charge in [0.2, 0.25) is 11.8 Å². The number of carbonyl (C=O) groups excluding carboxylic acids is 1. The van der Waals surface area contributed by atoms with Gasteiger partial charge in [0.15, 0.2) is 5.82 Å². The summed E-state index contributed by atoms with van der Waals surface area (Å²) in [6.07, 6.45) is 7.99. The summed E-state index contributed by atoms with van der Waals surface area (Å²) in [5, 5.41) is 14.9.